The molecule has 1 aliphatic rings. The first-order valence-corrected chi connectivity index (χ1v) is 6.68. The summed E-state index contributed by atoms with van der Waals surface area (Å²) in [4.78, 5) is 23.4. The van der Waals surface area contributed by atoms with Crippen molar-refractivity contribution >= 4 is 11.9 Å². The Labute approximate surface area is 118 Å². The predicted octanol–water partition coefficient (Wildman–Crippen LogP) is 1.70. The SMILES string of the molecule is C#CCC(NC(=O)C1CCCc2ccccc21)C(=O)O. The molecule has 20 heavy (non-hydrogen) atoms. The average molecular weight is 271 g/mol. The number of aliphatic carboxylic acids is 1. The first kappa shape index (κ1) is 14.1. The molecule has 0 fully saturated rings. The van der Waals surface area contributed by atoms with Gasteiger partial charge in [-0.1, -0.05) is 24.3 Å². The first-order valence-electron chi connectivity index (χ1n) is 6.68. The Balaban J connectivity index is 2.14. The number of aryl methyl sites for hydroxylation is 1. The Kier molecular flexibility index (Phi) is 4.41. The molecule has 1 aromatic rings. The molecule has 1 aromatic carbocycles. The minimum atomic E-state index is -1.10. The molecule has 0 radical (unpaired) electrons. The van der Waals surface area contributed by atoms with E-state index in [2.05, 4.69) is 11.2 Å². The van der Waals surface area contributed by atoms with E-state index in [-0.39, 0.29) is 18.2 Å². The second kappa shape index (κ2) is 6.25. The Morgan fingerprint density at radius 2 is 2.20 bits per heavy atom. The van der Waals surface area contributed by atoms with Gasteiger partial charge in [-0.15, -0.1) is 12.3 Å². The third-order valence-corrected chi connectivity index (χ3v) is 3.62. The lowest BCUT2D eigenvalue weighted by molar-refractivity contribution is -0.141. The smallest absolute Gasteiger partial charge is 0.327 e. The van der Waals surface area contributed by atoms with Crippen LogP contribution in [0.1, 0.15) is 36.3 Å². The standard InChI is InChI=1S/C16H17NO3/c1-2-6-14(16(19)20)17-15(18)13-10-5-8-11-7-3-4-9-12(11)13/h1,3-4,7,9,13-14H,5-6,8,10H2,(H,17,18)(H,19,20). The van der Waals surface area contributed by atoms with Crippen LogP contribution in [0, 0.1) is 12.3 Å². The zero-order chi connectivity index (χ0) is 14.5. The van der Waals surface area contributed by atoms with Crippen LogP contribution in [0.15, 0.2) is 24.3 Å². The first-order chi connectivity index (χ1) is 9.63. The van der Waals surface area contributed by atoms with E-state index in [0.29, 0.717) is 0 Å². The highest BCUT2D eigenvalue weighted by Crippen LogP contribution is 2.31. The summed E-state index contributed by atoms with van der Waals surface area (Å²) in [5, 5.41) is 11.6. The van der Waals surface area contributed by atoms with Crippen LogP contribution in [0.25, 0.3) is 0 Å². The number of carbonyl (C=O) groups is 2. The van der Waals surface area contributed by atoms with Crippen molar-refractivity contribution in [2.45, 2.75) is 37.6 Å². The zero-order valence-corrected chi connectivity index (χ0v) is 11.1. The summed E-state index contributed by atoms with van der Waals surface area (Å²) in [5.74, 6) is 0.656. The molecule has 0 spiro atoms. The number of carboxylic acids is 1. The van der Waals surface area contributed by atoms with Gasteiger partial charge in [-0.25, -0.2) is 4.79 Å². The number of hydrogen-bond acceptors (Lipinski definition) is 2. The fourth-order valence-electron chi connectivity index (χ4n) is 2.62. The number of rotatable bonds is 4. The van der Waals surface area contributed by atoms with Crippen LogP contribution in [-0.2, 0) is 16.0 Å². The number of benzene rings is 1. The van der Waals surface area contributed by atoms with Gasteiger partial charge in [0.1, 0.15) is 6.04 Å². The largest absolute Gasteiger partial charge is 0.480 e. The van der Waals surface area contributed by atoms with Crippen LogP contribution in [0.3, 0.4) is 0 Å². The van der Waals surface area contributed by atoms with Crippen LogP contribution in [0.5, 0.6) is 0 Å². The number of amides is 1. The summed E-state index contributed by atoms with van der Waals surface area (Å²) in [6.45, 7) is 0. The molecule has 4 heteroatoms. The Morgan fingerprint density at radius 3 is 2.90 bits per heavy atom. The molecule has 0 saturated heterocycles. The minimum absolute atomic E-state index is 0.00452. The van der Waals surface area contributed by atoms with Crippen molar-refractivity contribution in [3.63, 3.8) is 0 Å². The maximum atomic E-state index is 12.3. The third kappa shape index (κ3) is 3.00. The zero-order valence-electron chi connectivity index (χ0n) is 11.1. The van der Waals surface area contributed by atoms with Gasteiger partial charge in [-0.3, -0.25) is 4.79 Å². The van der Waals surface area contributed by atoms with Gasteiger partial charge in [-0.05, 0) is 30.4 Å². The van der Waals surface area contributed by atoms with E-state index in [0.717, 1.165) is 24.8 Å². The molecule has 2 N–H and O–H groups in total. The second-order valence-corrected chi connectivity index (χ2v) is 4.95. The van der Waals surface area contributed by atoms with Crippen molar-refractivity contribution in [3.05, 3.63) is 35.4 Å². The van der Waals surface area contributed by atoms with Gasteiger partial charge in [0.15, 0.2) is 0 Å². The molecule has 2 rings (SSSR count). The molecular weight excluding hydrogens is 254 g/mol. The van der Waals surface area contributed by atoms with Crippen molar-refractivity contribution in [3.8, 4) is 12.3 Å². The lowest BCUT2D eigenvalue weighted by atomic mass is 9.82. The van der Waals surface area contributed by atoms with Gasteiger partial charge in [0.25, 0.3) is 0 Å². The summed E-state index contributed by atoms with van der Waals surface area (Å²) < 4.78 is 0. The topological polar surface area (TPSA) is 66.4 Å². The van der Waals surface area contributed by atoms with Crippen molar-refractivity contribution in [1.82, 2.24) is 5.32 Å². The van der Waals surface area contributed by atoms with E-state index in [1.807, 2.05) is 24.3 Å². The van der Waals surface area contributed by atoms with Crippen LogP contribution >= 0.6 is 0 Å². The molecule has 104 valence electrons. The highest BCUT2D eigenvalue weighted by Gasteiger charge is 2.29. The van der Waals surface area contributed by atoms with Gasteiger partial charge in [-0.2, -0.15) is 0 Å². The van der Waals surface area contributed by atoms with E-state index in [1.165, 1.54) is 5.56 Å². The van der Waals surface area contributed by atoms with Crippen molar-refractivity contribution in [1.29, 1.82) is 0 Å². The van der Waals surface area contributed by atoms with Gasteiger partial charge in [0.2, 0.25) is 5.91 Å². The Bertz CT molecular complexity index is 559. The van der Waals surface area contributed by atoms with Crippen LogP contribution in [0.4, 0.5) is 0 Å². The lowest BCUT2D eigenvalue weighted by Gasteiger charge is -2.25. The van der Waals surface area contributed by atoms with Gasteiger partial charge in [0.05, 0.1) is 5.92 Å². The van der Waals surface area contributed by atoms with Crippen molar-refractivity contribution in [2.24, 2.45) is 0 Å². The summed E-state index contributed by atoms with van der Waals surface area (Å²) in [5.41, 5.74) is 2.17. The molecule has 2 unspecified atom stereocenters. The fourth-order valence-corrected chi connectivity index (χ4v) is 2.62. The Morgan fingerprint density at radius 1 is 1.45 bits per heavy atom. The maximum Gasteiger partial charge on any atom is 0.327 e. The van der Waals surface area contributed by atoms with E-state index >= 15 is 0 Å². The highest BCUT2D eigenvalue weighted by molar-refractivity contribution is 5.88. The molecule has 0 aromatic heterocycles. The summed E-state index contributed by atoms with van der Waals surface area (Å²) >= 11 is 0. The van der Waals surface area contributed by atoms with Crippen molar-refractivity contribution < 1.29 is 14.7 Å². The molecule has 2 atom stereocenters. The molecule has 0 heterocycles. The molecule has 1 amide bonds. The number of terminal acetylenes is 1. The number of fused-ring (bicyclic) bond motifs is 1. The number of carbonyl (C=O) groups excluding carboxylic acids is 1. The van der Waals surface area contributed by atoms with E-state index in [1.54, 1.807) is 0 Å². The van der Waals surface area contributed by atoms with Gasteiger partial charge < -0.3 is 10.4 Å². The van der Waals surface area contributed by atoms with Crippen LogP contribution in [0.2, 0.25) is 0 Å². The van der Waals surface area contributed by atoms with E-state index < -0.39 is 12.0 Å². The lowest BCUT2D eigenvalue weighted by Crippen LogP contribution is -2.43. The molecular formula is C16H17NO3. The molecule has 0 aliphatic heterocycles. The summed E-state index contributed by atoms with van der Waals surface area (Å²) in [6.07, 6.45) is 7.77. The number of carboxylic acid groups (broad SMARTS) is 1. The normalized spacial score (nSPS) is 18.4. The average Bonchev–Trinajstić information content (AvgIpc) is 2.46. The third-order valence-electron chi connectivity index (χ3n) is 3.62. The van der Waals surface area contributed by atoms with Crippen LogP contribution in [-0.4, -0.2) is 23.0 Å². The predicted molar refractivity (Wildman–Crippen MR) is 75.1 cm³/mol. The summed E-state index contributed by atoms with van der Waals surface area (Å²) in [6, 6.07) is 6.81. The van der Waals surface area contributed by atoms with E-state index in [4.69, 9.17) is 11.5 Å². The molecule has 0 bridgehead atoms. The fraction of sp³-hybridized carbons (Fsp3) is 0.375. The van der Waals surface area contributed by atoms with Gasteiger partial charge in [0, 0.05) is 6.42 Å². The minimum Gasteiger partial charge on any atom is -0.480 e. The number of hydrogen-bond donors (Lipinski definition) is 2. The summed E-state index contributed by atoms with van der Waals surface area (Å²) in [7, 11) is 0. The Hall–Kier alpha value is -2.28. The molecule has 4 nitrogen and oxygen atoms in total. The monoisotopic (exact) mass is 271 g/mol. The number of nitrogens with one attached hydrogen (secondary N) is 1. The molecule has 0 saturated carbocycles. The molecule has 1 aliphatic carbocycles. The quantitative estimate of drug-likeness (QED) is 0.819. The maximum absolute atomic E-state index is 12.3. The van der Waals surface area contributed by atoms with Gasteiger partial charge >= 0.3 is 5.97 Å². The highest BCUT2D eigenvalue weighted by atomic mass is 16.4. The van der Waals surface area contributed by atoms with E-state index in [9.17, 15) is 9.59 Å². The second-order valence-electron chi connectivity index (χ2n) is 4.95. The van der Waals surface area contributed by atoms with Crippen LogP contribution < -0.4 is 5.32 Å². The van der Waals surface area contributed by atoms with Crippen molar-refractivity contribution in [2.75, 3.05) is 0 Å².